The molecule has 1 heteroatoms. The average Bonchev–Trinajstić information content (AvgIpc) is 2.21. The maximum Gasteiger partial charge on any atom is 0.136 e. The highest BCUT2D eigenvalue weighted by molar-refractivity contribution is 5.82. The van der Waals surface area contributed by atoms with Crippen LogP contribution in [0, 0.1) is 29.6 Å². The molecular formula is C15H24O. The molecule has 2 rings (SSSR count). The summed E-state index contributed by atoms with van der Waals surface area (Å²) in [6, 6.07) is 0. The van der Waals surface area contributed by atoms with Gasteiger partial charge in [-0.25, -0.2) is 0 Å². The fraction of sp³-hybridized carbons (Fsp3) is 0.800. The van der Waals surface area contributed by atoms with Gasteiger partial charge in [0.15, 0.2) is 0 Å². The summed E-state index contributed by atoms with van der Waals surface area (Å²) in [5.41, 5.74) is 1.35. The average molecular weight is 220 g/mol. The first-order valence-corrected chi connectivity index (χ1v) is 6.71. The first-order chi connectivity index (χ1) is 7.50. The van der Waals surface area contributed by atoms with E-state index in [0.717, 1.165) is 37.0 Å². The normalized spacial score (nSPS) is 40.0. The van der Waals surface area contributed by atoms with Gasteiger partial charge in [0.2, 0.25) is 0 Å². The van der Waals surface area contributed by atoms with Crippen molar-refractivity contribution in [1.82, 2.24) is 0 Å². The van der Waals surface area contributed by atoms with Crippen LogP contribution >= 0.6 is 0 Å². The molecule has 2 aliphatic rings. The van der Waals surface area contributed by atoms with Crippen LogP contribution in [0.15, 0.2) is 12.2 Å². The third-order valence-corrected chi connectivity index (χ3v) is 4.84. The monoisotopic (exact) mass is 220 g/mol. The van der Waals surface area contributed by atoms with Crippen LogP contribution in [0.3, 0.4) is 0 Å². The van der Waals surface area contributed by atoms with E-state index in [-0.39, 0.29) is 5.92 Å². The summed E-state index contributed by atoms with van der Waals surface area (Å²) < 4.78 is 0. The fourth-order valence-corrected chi connectivity index (χ4v) is 3.77. The van der Waals surface area contributed by atoms with E-state index in [0.29, 0.717) is 11.7 Å². The molecule has 16 heavy (non-hydrogen) atoms. The third-order valence-electron chi connectivity index (χ3n) is 4.84. The van der Waals surface area contributed by atoms with Gasteiger partial charge in [0, 0.05) is 12.3 Å². The summed E-state index contributed by atoms with van der Waals surface area (Å²) in [6.45, 7) is 11.0. The largest absolute Gasteiger partial charge is 0.299 e. The van der Waals surface area contributed by atoms with Gasteiger partial charge in [0.05, 0.1) is 0 Å². The van der Waals surface area contributed by atoms with Crippen molar-refractivity contribution >= 4 is 5.78 Å². The van der Waals surface area contributed by atoms with Crippen LogP contribution in [-0.4, -0.2) is 5.78 Å². The number of carbonyl (C=O) groups excluding carboxylic acids is 1. The molecule has 0 N–H and O–H groups in total. The summed E-state index contributed by atoms with van der Waals surface area (Å²) in [5.74, 6) is 3.55. The molecule has 2 fully saturated rings. The van der Waals surface area contributed by atoms with E-state index in [1.54, 1.807) is 0 Å². The summed E-state index contributed by atoms with van der Waals surface area (Å²) in [6.07, 6.45) is 4.31. The molecule has 0 aromatic heterocycles. The van der Waals surface area contributed by atoms with E-state index in [1.807, 2.05) is 0 Å². The quantitative estimate of drug-likeness (QED) is 0.614. The molecular weight excluding hydrogens is 196 g/mol. The summed E-state index contributed by atoms with van der Waals surface area (Å²) in [7, 11) is 0. The van der Waals surface area contributed by atoms with Crippen LogP contribution in [-0.2, 0) is 4.79 Å². The molecule has 0 unspecified atom stereocenters. The molecule has 0 heterocycles. The molecule has 0 aromatic carbocycles. The molecule has 4 atom stereocenters. The fourth-order valence-electron chi connectivity index (χ4n) is 3.77. The second-order valence-electron chi connectivity index (χ2n) is 6.18. The Bertz CT molecular complexity index is 303. The van der Waals surface area contributed by atoms with Gasteiger partial charge in [-0.05, 0) is 42.9 Å². The second-order valence-corrected chi connectivity index (χ2v) is 6.18. The lowest BCUT2D eigenvalue weighted by atomic mass is 9.59. The lowest BCUT2D eigenvalue weighted by Gasteiger charge is -2.45. The van der Waals surface area contributed by atoms with Crippen molar-refractivity contribution in [2.45, 2.75) is 46.5 Å². The third kappa shape index (κ3) is 1.97. The van der Waals surface area contributed by atoms with E-state index in [2.05, 4.69) is 27.4 Å². The Morgan fingerprint density at radius 3 is 2.69 bits per heavy atom. The molecule has 0 saturated heterocycles. The zero-order valence-electron chi connectivity index (χ0n) is 10.8. The number of rotatable bonds is 1. The van der Waals surface area contributed by atoms with Crippen LogP contribution in [0.5, 0.6) is 0 Å². The molecule has 90 valence electrons. The Balaban J connectivity index is 2.20. The Morgan fingerprint density at radius 2 is 2.06 bits per heavy atom. The molecule has 0 amide bonds. The topological polar surface area (TPSA) is 17.1 Å². The van der Waals surface area contributed by atoms with Gasteiger partial charge in [0.1, 0.15) is 5.78 Å². The van der Waals surface area contributed by atoms with E-state index in [9.17, 15) is 4.79 Å². The van der Waals surface area contributed by atoms with Crippen molar-refractivity contribution in [3.05, 3.63) is 12.2 Å². The summed E-state index contributed by atoms with van der Waals surface area (Å²) in [5, 5.41) is 0. The Morgan fingerprint density at radius 1 is 1.38 bits per heavy atom. The molecule has 2 saturated carbocycles. The summed E-state index contributed by atoms with van der Waals surface area (Å²) >= 11 is 0. The molecule has 0 aliphatic heterocycles. The van der Waals surface area contributed by atoms with Gasteiger partial charge in [-0.2, -0.15) is 0 Å². The Labute approximate surface area is 99.3 Å². The zero-order chi connectivity index (χ0) is 11.9. The van der Waals surface area contributed by atoms with Crippen molar-refractivity contribution in [1.29, 1.82) is 0 Å². The minimum absolute atomic E-state index is 0.286. The van der Waals surface area contributed by atoms with Crippen molar-refractivity contribution in [3.63, 3.8) is 0 Å². The lowest BCUT2D eigenvalue weighted by Crippen LogP contribution is -2.40. The highest BCUT2D eigenvalue weighted by Crippen LogP contribution is 2.48. The van der Waals surface area contributed by atoms with Gasteiger partial charge < -0.3 is 0 Å². The minimum atomic E-state index is 0.286. The highest BCUT2D eigenvalue weighted by atomic mass is 16.1. The van der Waals surface area contributed by atoms with Crippen LogP contribution < -0.4 is 0 Å². The number of allylic oxidation sites excluding steroid dienone is 1. The van der Waals surface area contributed by atoms with E-state index < -0.39 is 0 Å². The van der Waals surface area contributed by atoms with Crippen molar-refractivity contribution in [2.24, 2.45) is 29.6 Å². The van der Waals surface area contributed by atoms with Gasteiger partial charge in [0.25, 0.3) is 0 Å². The van der Waals surface area contributed by atoms with E-state index in [4.69, 9.17) is 0 Å². The van der Waals surface area contributed by atoms with Gasteiger partial charge in [-0.1, -0.05) is 32.9 Å². The number of Topliss-reactive ketones (excluding diaryl/α,β-unsaturated/α-hetero) is 1. The predicted molar refractivity (Wildman–Crippen MR) is 67.1 cm³/mol. The van der Waals surface area contributed by atoms with Crippen LogP contribution in [0.4, 0.5) is 0 Å². The van der Waals surface area contributed by atoms with Crippen molar-refractivity contribution < 1.29 is 4.79 Å². The molecule has 0 bridgehead atoms. The van der Waals surface area contributed by atoms with Crippen molar-refractivity contribution in [2.75, 3.05) is 0 Å². The molecule has 2 aliphatic carbocycles. The number of ketones is 1. The number of fused-ring (bicyclic) bond motifs is 1. The number of hydrogen-bond acceptors (Lipinski definition) is 1. The number of carbonyl (C=O) groups is 1. The molecule has 1 nitrogen and oxygen atoms in total. The van der Waals surface area contributed by atoms with Gasteiger partial charge in [-0.15, -0.1) is 0 Å². The maximum atomic E-state index is 11.8. The standard InChI is InChI=1S/C15H24O/c1-9(2)12-6-5-10(3)13-8-15(16)11(4)7-14(12)13/h9,11-14H,3,5-8H2,1-2,4H3/t11-,12-,13-,14-/m0/s1. The smallest absolute Gasteiger partial charge is 0.136 e. The Hall–Kier alpha value is -0.590. The van der Waals surface area contributed by atoms with E-state index >= 15 is 0 Å². The van der Waals surface area contributed by atoms with Crippen molar-refractivity contribution in [3.8, 4) is 0 Å². The lowest BCUT2D eigenvalue weighted by molar-refractivity contribution is -0.127. The van der Waals surface area contributed by atoms with Gasteiger partial charge in [-0.3, -0.25) is 4.79 Å². The second kappa shape index (κ2) is 4.35. The Kier molecular flexibility index (Phi) is 3.23. The maximum absolute atomic E-state index is 11.8. The van der Waals surface area contributed by atoms with Crippen LogP contribution in [0.2, 0.25) is 0 Å². The number of hydrogen-bond donors (Lipinski definition) is 0. The molecule has 0 spiro atoms. The SMILES string of the molecule is C=C1CC[C@@H](C(C)C)[C@@H]2C[C@H](C)C(=O)C[C@@H]12. The predicted octanol–water partition coefficient (Wildman–Crippen LogP) is 3.84. The molecule has 0 aromatic rings. The minimum Gasteiger partial charge on any atom is -0.299 e. The molecule has 0 radical (unpaired) electrons. The van der Waals surface area contributed by atoms with Gasteiger partial charge >= 0.3 is 0 Å². The highest BCUT2D eigenvalue weighted by Gasteiger charge is 2.42. The van der Waals surface area contributed by atoms with Crippen LogP contribution in [0.25, 0.3) is 0 Å². The van der Waals surface area contributed by atoms with Crippen LogP contribution in [0.1, 0.15) is 46.5 Å². The summed E-state index contributed by atoms with van der Waals surface area (Å²) in [4.78, 5) is 11.8. The zero-order valence-corrected chi connectivity index (χ0v) is 10.8. The first kappa shape index (κ1) is 11.9. The van der Waals surface area contributed by atoms with E-state index in [1.165, 1.54) is 12.0 Å². The first-order valence-electron chi connectivity index (χ1n) is 6.71.